The van der Waals surface area contributed by atoms with Crippen molar-refractivity contribution in [3.63, 3.8) is 0 Å². The molecule has 0 aliphatic carbocycles. The maximum atomic E-state index is 6.34. The SMILES string of the molecule is Clc1cc(Cl)c(-c2cncc(-c3cc(Cl)c(Cl)cc3Cl)c2I)cc1Cl. The molecule has 0 aliphatic rings. The normalized spacial score (nSPS) is 11.0. The van der Waals surface area contributed by atoms with E-state index in [0.717, 1.165) is 25.8 Å². The van der Waals surface area contributed by atoms with E-state index in [1.165, 1.54) is 0 Å². The van der Waals surface area contributed by atoms with E-state index in [1.807, 2.05) is 0 Å². The number of aromatic nitrogens is 1. The van der Waals surface area contributed by atoms with Crippen LogP contribution < -0.4 is 0 Å². The Labute approximate surface area is 188 Å². The Bertz CT molecular complexity index is 914. The van der Waals surface area contributed by atoms with Crippen LogP contribution >= 0.6 is 92.2 Å². The summed E-state index contributed by atoms with van der Waals surface area (Å²) in [5.41, 5.74) is 3.07. The Morgan fingerprint density at radius 3 is 1.28 bits per heavy atom. The Morgan fingerprint density at radius 2 is 0.880 bits per heavy atom. The quantitative estimate of drug-likeness (QED) is 0.224. The van der Waals surface area contributed by atoms with Crippen LogP contribution in [0.2, 0.25) is 30.1 Å². The van der Waals surface area contributed by atoms with Crippen LogP contribution in [0.1, 0.15) is 0 Å². The molecular weight excluding hydrogens is 558 g/mol. The predicted octanol–water partition coefficient (Wildman–Crippen LogP) is 8.94. The van der Waals surface area contributed by atoms with Crippen molar-refractivity contribution in [3.05, 3.63) is 70.4 Å². The Morgan fingerprint density at radius 1 is 0.520 bits per heavy atom. The maximum absolute atomic E-state index is 6.34. The molecule has 3 rings (SSSR count). The van der Waals surface area contributed by atoms with Gasteiger partial charge in [-0.3, -0.25) is 4.98 Å². The molecular formula is C17H6Cl6IN. The van der Waals surface area contributed by atoms with Gasteiger partial charge in [0.1, 0.15) is 0 Å². The average Bonchev–Trinajstić information content (AvgIpc) is 2.55. The Balaban J connectivity index is 2.23. The van der Waals surface area contributed by atoms with Crippen LogP contribution in [0.3, 0.4) is 0 Å². The van der Waals surface area contributed by atoms with Gasteiger partial charge < -0.3 is 0 Å². The van der Waals surface area contributed by atoms with Gasteiger partial charge >= 0.3 is 0 Å². The van der Waals surface area contributed by atoms with Gasteiger partial charge in [0.2, 0.25) is 0 Å². The summed E-state index contributed by atoms with van der Waals surface area (Å²) in [6.45, 7) is 0. The zero-order valence-corrected chi connectivity index (χ0v) is 18.8. The van der Waals surface area contributed by atoms with Crippen LogP contribution in [0.15, 0.2) is 36.7 Å². The lowest BCUT2D eigenvalue weighted by atomic mass is 10.0. The molecule has 128 valence electrons. The molecule has 0 bridgehead atoms. The van der Waals surface area contributed by atoms with Gasteiger partial charge in [-0.1, -0.05) is 69.6 Å². The standard InChI is InChI=1S/C17H6Cl6IN/c18-11-3-15(22)13(20)1-7(11)9-5-25-6-10(17(9)24)8-2-14(21)16(23)4-12(8)19/h1-6H. The fraction of sp³-hybridized carbons (Fsp3) is 0. The fourth-order valence-corrected chi connectivity index (χ4v) is 4.44. The fourth-order valence-electron chi connectivity index (χ4n) is 2.28. The highest BCUT2D eigenvalue weighted by Gasteiger charge is 2.17. The first-order valence-electron chi connectivity index (χ1n) is 6.73. The van der Waals surface area contributed by atoms with E-state index in [0.29, 0.717) is 30.1 Å². The second-order valence-electron chi connectivity index (χ2n) is 5.04. The Hall–Kier alpha value is 0.0600. The van der Waals surface area contributed by atoms with Crippen molar-refractivity contribution >= 4 is 92.2 Å². The van der Waals surface area contributed by atoms with Crippen molar-refractivity contribution in [1.82, 2.24) is 4.98 Å². The van der Waals surface area contributed by atoms with Gasteiger partial charge in [0.15, 0.2) is 0 Å². The zero-order valence-electron chi connectivity index (χ0n) is 12.1. The minimum absolute atomic E-state index is 0.391. The molecule has 0 fully saturated rings. The van der Waals surface area contributed by atoms with Crippen molar-refractivity contribution in [2.45, 2.75) is 0 Å². The molecule has 3 aromatic rings. The molecule has 1 nitrogen and oxygen atoms in total. The third kappa shape index (κ3) is 4.01. The first kappa shape index (κ1) is 19.8. The molecule has 2 aromatic carbocycles. The van der Waals surface area contributed by atoms with Crippen molar-refractivity contribution in [3.8, 4) is 22.3 Å². The lowest BCUT2D eigenvalue weighted by Gasteiger charge is -2.13. The van der Waals surface area contributed by atoms with Crippen LogP contribution in [0.4, 0.5) is 0 Å². The number of nitrogens with zero attached hydrogens (tertiary/aromatic N) is 1. The van der Waals surface area contributed by atoms with Crippen molar-refractivity contribution in [1.29, 1.82) is 0 Å². The van der Waals surface area contributed by atoms with Gasteiger partial charge in [-0.05, 0) is 46.9 Å². The number of rotatable bonds is 2. The molecule has 0 spiro atoms. The number of halogens is 7. The van der Waals surface area contributed by atoms with Crippen molar-refractivity contribution in [2.75, 3.05) is 0 Å². The molecule has 25 heavy (non-hydrogen) atoms. The molecule has 0 unspecified atom stereocenters. The molecule has 0 N–H and O–H groups in total. The van der Waals surface area contributed by atoms with E-state index in [1.54, 1.807) is 36.7 Å². The third-order valence-corrected chi connectivity index (χ3v) is 6.71. The van der Waals surface area contributed by atoms with Crippen LogP contribution in [0.5, 0.6) is 0 Å². The lowest BCUT2D eigenvalue weighted by molar-refractivity contribution is 1.31. The van der Waals surface area contributed by atoms with Gasteiger partial charge in [-0.25, -0.2) is 0 Å². The summed E-state index contributed by atoms with van der Waals surface area (Å²) in [5.74, 6) is 0. The predicted molar refractivity (Wildman–Crippen MR) is 118 cm³/mol. The smallest absolute Gasteiger partial charge is 0.0607 e. The minimum Gasteiger partial charge on any atom is -0.263 e. The number of benzene rings is 2. The summed E-state index contributed by atoms with van der Waals surface area (Å²) in [5, 5.41) is 2.56. The molecule has 0 aliphatic heterocycles. The van der Waals surface area contributed by atoms with E-state index < -0.39 is 0 Å². The zero-order chi connectivity index (χ0) is 18.3. The second kappa shape index (κ2) is 7.97. The summed E-state index contributed by atoms with van der Waals surface area (Å²) in [6, 6.07) is 6.64. The van der Waals surface area contributed by atoms with E-state index in [-0.39, 0.29) is 0 Å². The third-order valence-electron chi connectivity index (χ3n) is 3.48. The van der Waals surface area contributed by atoms with E-state index in [2.05, 4.69) is 27.6 Å². The summed E-state index contributed by atoms with van der Waals surface area (Å²) in [6.07, 6.45) is 3.42. The number of hydrogen-bond donors (Lipinski definition) is 0. The van der Waals surface area contributed by atoms with Gasteiger partial charge in [-0.2, -0.15) is 0 Å². The van der Waals surface area contributed by atoms with E-state index in [4.69, 9.17) is 69.6 Å². The summed E-state index contributed by atoms with van der Waals surface area (Å²) >= 11 is 39.2. The summed E-state index contributed by atoms with van der Waals surface area (Å²) in [7, 11) is 0. The van der Waals surface area contributed by atoms with Crippen molar-refractivity contribution in [2.24, 2.45) is 0 Å². The van der Waals surface area contributed by atoms with Gasteiger partial charge in [-0.15, -0.1) is 0 Å². The highest BCUT2D eigenvalue weighted by molar-refractivity contribution is 14.1. The Kier molecular flexibility index (Phi) is 6.32. The molecule has 1 heterocycles. The summed E-state index contributed by atoms with van der Waals surface area (Å²) in [4.78, 5) is 4.31. The van der Waals surface area contributed by atoms with Crippen LogP contribution in [-0.4, -0.2) is 4.98 Å². The molecule has 0 radical (unpaired) electrons. The maximum Gasteiger partial charge on any atom is 0.0607 e. The van der Waals surface area contributed by atoms with Crippen LogP contribution in [0.25, 0.3) is 22.3 Å². The van der Waals surface area contributed by atoms with Gasteiger partial charge in [0, 0.05) is 38.2 Å². The van der Waals surface area contributed by atoms with E-state index >= 15 is 0 Å². The molecule has 0 saturated carbocycles. The molecule has 8 heteroatoms. The van der Waals surface area contributed by atoms with E-state index in [9.17, 15) is 0 Å². The first-order chi connectivity index (χ1) is 11.8. The average molecular weight is 564 g/mol. The topological polar surface area (TPSA) is 12.9 Å². The monoisotopic (exact) mass is 561 g/mol. The molecule has 0 amide bonds. The minimum atomic E-state index is 0.391. The first-order valence-corrected chi connectivity index (χ1v) is 10.1. The van der Waals surface area contributed by atoms with Gasteiger partial charge in [0.05, 0.1) is 30.1 Å². The number of hydrogen-bond acceptors (Lipinski definition) is 1. The molecule has 1 aromatic heterocycles. The molecule has 0 saturated heterocycles. The summed E-state index contributed by atoms with van der Waals surface area (Å²) < 4.78 is 0.896. The van der Waals surface area contributed by atoms with Crippen LogP contribution in [0, 0.1) is 3.57 Å². The molecule has 0 atom stereocenters. The lowest BCUT2D eigenvalue weighted by Crippen LogP contribution is -1.93. The highest BCUT2D eigenvalue weighted by Crippen LogP contribution is 2.42. The second-order valence-corrected chi connectivity index (χ2v) is 8.56. The van der Waals surface area contributed by atoms with Crippen molar-refractivity contribution < 1.29 is 0 Å². The largest absolute Gasteiger partial charge is 0.263 e. The number of pyridine rings is 1. The highest BCUT2D eigenvalue weighted by atomic mass is 127. The van der Waals surface area contributed by atoms with Gasteiger partial charge in [0.25, 0.3) is 0 Å². The van der Waals surface area contributed by atoms with Crippen LogP contribution in [-0.2, 0) is 0 Å².